The first-order chi connectivity index (χ1) is 10.1. The normalized spacial score (nSPS) is 18.6. The van der Waals surface area contributed by atoms with E-state index < -0.39 is 0 Å². The maximum atomic E-state index is 12.4. The van der Waals surface area contributed by atoms with Gasteiger partial charge in [0.15, 0.2) is 0 Å². The van der Waals surface area contributed by atoms with E-state index in [9.17, 15) is 9.59 Å². The molecule has 5 nitrogen and oxygen atoms in total. The lowest BCUT2D eigenvalue weighted by atomic mass is 10.1. The van der Waals surface area contributed by atoms with Crippen molar-refractivity contribution in [2.24, 2.45) is 0 Å². The smallest absolute Gasteiger partial charge is 0.255 e. The van der Waals surface area contributed by atoms with E-state index in [1.54, 1.807) is 17.0 Å². The first-order valence-electron chi connectivity index (χ1n) is 7.60. The van der Waals surface area contributed by atoms with Gasteiger partial charge in [-0.1, -0.05) is 18.9 Å². The van der Waals surface area contributed by atoms with Gasteiger partial charge < -0.3 is 15.5 Å². The number of nitrogen functional groups attached to an aromatic ring is 1. The number of carbonyl (C=O) groups excluding carboxylic acids is 2. The van der Waals surface area contributed by atoms with E-state index in [1.165, 1.54) is 12.8 Å². The monoisotopic (exact) mass is 287 g/mol. The molecule has 2 amide bonds. The summed E-state index contributed by atoms with van der Waals surface area (Å²) in [6.45, 7) is 2.32. The third kappa shape index (κ3) is 2.86. The molecule has 21 heavy (non-hydrogen) atoms. The van der Waals surface area contributed by atoms with Gasteiger partial charge in [0.05, 0.1) is 0 Å². The highest BCUT2D eigenvalue weighted by Crippen LogP contribution is 2.24. The molecular formula is C16H21N3O2. The number of nitrogens with zero attached hydrogens (tertiary/aromatic N) is 2. The Morgan fingerprint density at radius 3 is 2.57 bits per heavy atom. The second-order valence-electron chi connectivity index (χ2n) is 5.87. The van der Waals surface area contributed by atoms with Crippen LogP contribution in [0.15, 0.2) is 18.2 Å². The fourth-order valence-electron chi connectivity index (χ4n) is 3.09. The summed E-state index contributed by atoms with van der Waals surface area (Å²) in [5.74, 6) is -0.0218. The van der Waals surface area contributed by atoms with Crippen molar-refractivity contribution in [3.63, 3.8) is 0 Å². The molecule has 0 aromatic heterocycles. The number of amides is 2. The third-order valence-corrected chi connectivity index (χ3v) is 4.30. The van der Waals surface area contributed by atoms with Gasteiger partial charge in [0.1, 0.15) is 6.54 Å². The molecule has 3 rings (SSSR count). The summed E-state index contributed by atoms with van der Waals surface area (Å²) >= 11 is 0. The number of rotatable bonds is 2. The quantitative estimate of drug-likeness (QED) is 0.841. The van der Waals surface area contributed by atoms with Gasteiger partial charge in [-0.15, -0.1) is 0 Å². The van der Waals surface area contributed by atoms with Crippen molar-refractivity contribution in [3.05, 3.63) is 29.3 Å². The van der Waals surface area contributed by atoms with Gasteiger partial charge in [-0.3, -0.25) is 9.59 Å². The van der Waals surface area contributed by atoms with Crippen LogP contribution in [0.25, 0.3) is 0 Å². The summed E-state index contributed by atoms with van der Waals surface area (Å²) in [7, 11) is 0. The average molecular weight is 287 g/mol. The molecule has 0 spiro atoms. The zero-order valence-corrected chi connectivity index (χ0v) is 12.2. The van der Waals surface area contributed by atoms with Gasteiger partial charge in [0.2, 0.25) is 5.91 Å². The van der Waals surface area contributed by atoms with Gasteiger partial charge in [-0.05, 0) is 30.5 Å². The Balaban J connectivity index is 1.66. The summed E-state index contributed by atoms with van der Waals surface area (Å²) in [6, 6.07) is 5.37. The molecule has 112 valence electrons. The predicted octanol–water partition coefficient (Wildman–Crippen LogP) is 1.63. The van der Waals surface area contributed by atoms with Gasteiger partial charge >= 0.3 is 0 Å². The standard InChI is InChI=1S/C16H21N3O2/c17-13-6-5-12-10-19(16(21)14(12)9-13)11-15(20)18-7-3-1-2-4-8-18/h5-6,9H,1-4,7-8,10-11,17H2. The van der Waals surface area contributed by atoms with Crippen LogP contribution >= 0.6 is 0 Å². The third-order valence-electron chi connectivity index (χ3n) is 4.30. The van der Waals surface area contributed by atoms with E-state index in [0.717, 1.165) is 31.5 Å². The van der Waals surface area contributed by atoms with E-state index in [-0.39, 0.29) is 18.4 Å². The number of carbonyl (C=O) groups is 2. The number of hydrogen-bond donors (Lipinski definition) is 1. The minimum absolute atomic E-state index is 0.0611. The van der Waals surface area contributed by atoms with Crippen molar-refractivity contribution in [1.82, 2.24) is 9.80 Å². The fraction of sp³-hybridized carbons (Fsp3) is 0.500. The number of fused-ring (bicyclic) bond motifs is 1. The highest BCUT2D eigenvalue weighted by Gasteiger charge is 2.30. The number of anilines is 1. The maximum Gasteiger partial charge on any atom is 0.255 e. The lowest BCUT2D eigenvalue weighted by molar-refractivity contribution is -0.131. The summed E-state index contributed by atoms with van der Waals surface area (Å²) in [5, 5.41) is 0. The molecule has 0 saturated carbocycles. The van der Waals surface area contributed by atoms with Gasteiger partial charge in [-0.25, -0.2) is 0 Å². The van der Waals surface area contributed by atoms with Crippen molar-refractivity contribution in [3.8, 4) is 0 Å². The van der Waals surface area contributed by atoms with Crippen molar-refractivity contribution < 1.29 is 9.59 Å². The maximum absolute atomic E-state index is 12.4. The summed E-state index contributed by atoms with van der Waals surface area (Å²) < 4.78 is 0. The summed E-state index contributed by atoms with van der Waals surface area (Å²) in [5.41, 5.74) is 7.91. The number of likely N-dealkylation sites (tertiary alicyclic amines) is 1. The number of nitrogens with two attached hydrogens (primary N) is 1. The van der Waals surface area contributed by atoms with Crippen molar-refractivity contribution in [1.29, 1.82) is 0 Å². The Morgan fingerprint density at radius 2 is 1.86 bits per heavy atom. The van der Waals surface area contributed by atoms with E-state index in [0.29, 0.717) is 17.8 Å². The molecule has 0 radical (unpaired) electrons. The van der Waals surface area contributed by atoms with Gasteiger partial charge in [0.25, 0.3) is 5.91 Å². The zero-order chi connectivity index (χ0) is 14.8. The van der Waals surface area contributed by atoms with Gasteiger partial charge in [0, 0.05) is 30.9 Å². The lowest BCUT2D eigenvalue weighted by Crippen LogP contribution is -2.40. The van der Waals surface area contributed by atoms with E-state index in [1.807, 2.05) is 11.0 Å². The largest absolute Gasteiger partial charge is 0.399 e. The van der Waals surface area contributed by atoms with E-state index in [4.69, 9.17) is 5.73 Å². The lowest BCUT2D eigenvalue weighted by Gasteiger charge is -2.23. The molecule has 2 aliphatic rings. The van der Waals surface area contributed by atoms with Crippen LogP contribution in [0.2, 0.25) is 0 Å². The highest BCUT2D eigenvalue weighted by atomic mass is 16.2. The molecule has 2 N–H and O–H groups in total. The Hall–Kier alpha value is -2.04. The van der Waals surface area contributed by atoms with Crippen LogP contribution in [0.1, 0.15) is 41.6 Å². The van der Waals surface area contributed by atoms with Crippen LogP contribution < -0.4 is 5.73 Å². The number of hydrogen-bond acceptors (Lipinski definition) is 3. The zero-order valence-electron chi connectivity index (χ0n) is 12.2. The summed E-state index contributed by atoms with van der Waals surface area (Å²) in [6.07, 6.45) is 4.52. The Bertz CT molecular complexity index is 563. The molecule has 1 aromatic rings. The van der Waals surface area contributed by atoms with Crippen LogP contribution in [0, 0.1) is 0 Å². The van der Waals surface area contributed by atoms with Crippen LogP contribution in [0.3, 0.4) is 0 Å². The molecule has 0 atom stereocenters. The van der Waals surface area contributed by atoms with Crippen molar-refractivity contribution in [2.75, 3.05) is 25.4 Å². The SMILES string of the molecule is Nc1ccc2c(c1)C(=O)N(CC(=O)N1CCCCCC1)C2. The molecule has 2 heterocycles. The second kappa shape index (κ2) is 5.76. The summed E-state index contributed by atoms with van der Waals surface area (Å²) in [4.78, 5) is 28.2. The van der Waals surface area contributed by atoms with Crippen LogP contribution in [0.5, 0.6) is 0 Å². The fourth-order valence-corrected chi connectivity index (χ4v) is 3.09. The second-order valence-corrected chi connectivity index (χ2v) is 5.87. The van der Waals surface area contributed by atoms with E-state index in [2.05, 4.69) is 0 Å². The first-order valence-corrected chi connectivity index (χ1v) is 7.60. The molecule has 0 bridgehead atoms. The Labute approximate surface area is 124 Å². The minimum Gasteiger partial charge on any atom is -0.399 e. The molecule has 2 aliphatic heterocycles. The molecule has 1 saturated heterocycles. The van der Waals surface area contributed by atoms with E-state index >= 15 is 0 Å². The van der Waals surface area contributed by atoms with Crippen molar-refractivity contribution in [2.45, 2.75) is 32.2 Å². The Kier molecular flexibility index (Phi) is 3.82. The van der Waals surface area contributed by atoms with Crippen molar-refractivity contribution >= 4 is 17.5 Å². The topological polar surface area (TPSA) is 66.6 Å². The van der Waals surface area contributed by atoms with Gasteiger partial charge in [-0.2, -0.15) is 0 Å². The Morgan fingerprint density at radius 1 is 1.14 bits per heavy atom. The van der Waals surface area contributed by atoms with Crippen LogP contribution in [-0.2, 0) is 11.3 Å². The highest BCUT2D eigenvalue weighted by molar-refractivity contribution is 6.00. The average Bonchev–Trinajstić information content (AvgIpc) is 2.69. The van der Waals surface area contributed by atoms with Crippen LogP contribution in [-0.4, -0.2) is 41.2 Å². The molecule has 5 heteroatoms. The predicted molar refractivity (Wildman–Crippen MR) is 80.6 cm³/mol. The molecule has 1 aromatic carbocycles. The number of benzene rings is 1. The molecule has 0 aliphatic carbocycles. The van der Waals surface area contributed by atoms with Crippen LogP contribution in [0.4, 0.5) is 5.69 Å². The molecular weight excluding hydrogens is 266 g/mol. The molecule has 1 fully saturated rings. The minimum atomic E-state index is -0.0829. The molecule has 0 unspecified atom stereocenters. The first kappa shape index (κ1) is 13.9.